The molecule has 0 aliphatic carbocycles. The number of aryl methyl sites for hydroxylation is 2. The summed E-state index contributed by atoms with van der Waals surface area (Å²) in [7, 11) is 0. The first-order chi connectivity index (χ1) is 13.0. The molecule has 0 radical (unpaired) electrons. The number of piperidine rings is 1. The number of benzene rings is 1. The molecule has 1 N–H and O–H groups in total. The molecule has 27 heavy (non-hydrogen) atoms. The number of likely N-dealkylation sites (tertiary alicyclic amines) is 1. The molecule has 144 valence electrons. The quantitative estimate of drug-likeness (QED) is 0.906. The van der Waals surface area contributed by atoms with E-state index in [0.29, 0.717) is 5.41 Å². The summed E-state index contributed by atoms with van der Waals surface area (Å²) in [5.74, 6) is 0.168. The van der Waals surface area contributed by atoms with Crippen molar-refractivity contribution in [2.45, 2.75) is 46.6 Å². The molecule has 3 heterocycles. The molecule has 2 fully saturated rings. The number of aromatic nitrogens is 2. The topological polar surface area (TPSA) is 50.2 Å². The average Bonchev–Trinajstić information content (AvgIpc) is 3.24. The molecule has 0 unspecified atom stereocenters. The van der Waals surface area contributed by atoms with Gasteiger partial charge in [0.05, 0.1) is 5.69 Å². The molecule has 4 rings (SSSR count). The highest BCUT2D eigenvalue weighted by molar-refractivity contribution is 5.95. The molecule has 2 saturated heterocycles. The third-order valence-corrected chi connectivity index (χ3v) is 6.36. The van der Waals surface area contributed by atoms with Gasteiger partial charge in [-0.15, -0.1) is 0 Å². The zero-order chi connectivity index (χ0) is 19.0. The number of nitrogens with one attached hydrogen (secondary N) is 1. The third-order valence-electron chi connectivity index (χ3n) is 6.36. The molecule has 5 nitrogen and oxygen atoms in total. The second-order valence-electron chi connectivity index (χ2n) is 8.20. The van der Waals surface area contributed by atoms with Gasteiger partial charge in [-0.3, -0.25) is 9.48 Å². The Hall–Kier alpha value is -2.14. The molecule has 0 bridgehead atoms. The number of hydrogen-bond acceptors (Lipinski definition) is 3. The summed E-state index contributed by atoms with van der Waals surface area (Å²) < 4.78 is 2.03. The minimum absolute atomic E-state index is 0.168. The summed E-state index contributed by atoms with van der Waals surface area (Å²) >= 11 is 0. The molecule has 1 amide bonds. The van der Waals surface area contributed by atoms with E-state index >= 15 is 0 Å². The SMILES string of the molecule is CCn1nc(C)c(-c2cccc(C(=O)N3CCC[C@]4(CCNC4)C3)c2)c1C. The Morgan fingerprint density at radius 3 is 2.85 bits per heavy atom. The molecule has 2 aliphatic heterocycles. The zero-order valence-corrected chi connectivity index (χ0v) is 16.7. The second kappa shape index (κ2) is 7.12. The summed E-state index contributed by atoms with van der Waals surface area (Å²) in [5.41, 5.74) is 5.51. The van der Waals surface area contributed by atoms with Crippen LogP contribution in [0.25, 0.3) is 11.1 Å². The van der Waals surface area contributed by atoms with Crippen molar-refractivity contribution < 1.29 is 4.79 Å². The maximum atomic E-state index is 13.2. The first-order valence-corrected chi connectivity index (χ1v) is 10.2. The van der Waals surface area contributed by atoms with Crippen LogP contribution in [-0.2, 0) is 6.54 Å². The van der Waals surface area contributed by atoms with E-state index < -0.39 is 0 Å². The van der Waals surface area contributed by atoms with Crippen LogP contribution < -0.4 is 5.32 Å². The largest absolute Gasteiger partial charge is 0.338 e. The van der Waals surface area contributed by atoms with Gasteiger partial charge in [0.2, 0.25) is 0 Å². The Kier molecular flexibility index (Phi) is 4.81. The lowest BCUT2D eigenvalue weighted by Crippen LogP contribution is -2.47. The first kappa shape index (κ1) is 18.2. The zero-order valence-electron chi connectivity index (χ0n) is 16.7. The van der Waals surface area contributed by atoms with Crippen molar-refractivity contribution in [2.75, 3.05) is 26.2 Å². The van der Waals surface area contributed by atoms with Crippen molar-refractivity contribution in [1.29, 1.82) is 0 Å². The van der Waals surface area contributed by atoms with Crippen molar-refractivity contribution in [3.8, 4) is 11.1 Å². The van der Waals surface area contributed by atoms with E-state index in [9.17, 15) is 4.79 Å². The monoisotopic (exact) mass is 366 g/mol. The van der Waals surface area contributed by atoms with Crippen LogP contribution in [0.2, 0.25) is 0 Å². The van der Waals surface area contributed by atoms with Crippen molar-refractivity contribution in [1.82, 2.24) is 20.0 Å². The average molecular weight is 367 g/mol. The molecule has 1 atom stereocenters. The van der Waals surface area contributed by atoms with Crippen molar-refractivity contribution in [3.63, 3.8) is 0 Å². The minimum Gasteiger partial charge on any atom is -0.338 e. The number of nitrogens with zero attached hydrogens (tertiary/aromatic N) is 3. The van der Waals surface area contributed by atoms with Crippen molar-refractivity contribution in [2.24, 2.45) is 5.41 Å². The van der Waals surface area contributed by atoms with Crippen LogP contribution in [0, 0.1) is 19.3 Å². The summed E-state index contributed by atoms with van der Waals surface area (Å²) in [6, 6.07) is 8.09. The van der Waals surface area contributed by atoms with Crippen LogP contribution in [0.4, 0.5) is 0 Å². The lowest BCUT2D eigenvalue weighted by molar-refractivity contribution is 0.0553. The van der Waals surface area contributed by atoms with Gasteiger partial charge >= 0.3 is 0 Å². The lowest BCUT2D eigenvalue weighted by Gasteiger charge is -2.40. The van der Waals surface area contributed by atoms with Crippen LogP contribution in [0.1, 0.15) is 47.9 Å². The van der Waals surface area contributed by atoms with Gasteiger partial charge in [0, 0.05) is 48.4 Å². The molecule has 2 aromatic rings. The summed E-state index contributed by atoms with van der Waals surface area (Å²) in [4.78, 5) is 15.3. The Bertz CT molecular complexity index is 848. The van der Waals surface area contributed by atoms with Crippen LogP contribution in [0.5, 0.6) is 0 Å². The van der Waals surface area contributed by atoms with Crippen LogP contribution >= 0.6 is 0 Å². The van der Waals surface area contributed by atoms with Gasteiger partial charge in [0.1, 0.15) is 0 Å². The molecule has 5 heteroatoms. The van der Waals surface area contributed by atoms with E-state index in [1.54, 1.807) is 0 Å². The highest BCUT2D eigenvalue weighted by atomic mass is 16.2. The molecular weight excluding hydrogens is 336 g/mol. The number of carbonyl (C=O) groups excluding carboxylic acids is 1. The Morgan fingerprint density at radius 1 is 1.30 bits per heavy atom. The molecule has 0 saturated carbocycles. The lowest BCUT2D eigenvalue weighted by atomic mass is 9.79. The van der Waals surface area contributed by atoms with Gasteiger partial charge in [-0.05, 0) is 64.3 Å². The number of carbonyl (C=O) groups is 1. The summed E-state index contributed by atoms with van der Waals surface area (Å²) in [5, 5.41) is 8.12. The van der Waals surface area contributed by atoms with Crippen molar-refractivity contribution >= 4 is 5.91 Å². The number of amides is 1. The highest BCUT2D eigenvalue weighted by Crippen LogP contribution is 2.36. The second-order valence-corrected chi connectivity index (χ2v) is 8.20. The molecular formula is C22H30N4O. The normalized spacial score (nSPS) is 22.6. The first-order valence-electron chi connectivity index (χ1n) is 10.2. The predicted octanol–water partition coefficient (Wildman–Crippen LogP) is 3.40. The maximum absolute atomic E-state index is 13.2. The van der Waals surface area contributed by atoms with Gasteiger partial charge < -0.3 is 10.2 Å². The standard InChI is InChI=1S/C22H30N4O/c1-4-26-17(3)20(16(2)24-26)18-7-5-8-19(13-18)21(27)25-12-6-9-22(15-25)10-11-23-14-22/h5,7-8,13,23H,4,6,9-12,14-15H2,1-3H3/t22-/m1/s1. The Labute approximate surface area is 161 Å². The number of rotatable bonds is 3. The number of hydrogen-bond donors (Lipinski definition) is 1. The fraction of sp³-hybridized carbons (Fsp3) is 0.545. The van der Waals surface area contributed by atoms with Gasteiger partial charge in [0.15, 0.2) is 0 Å². The van der Waals surface area contributed by atoms with Gasteiger partial charge in [0.25, 0.3) is 5.91 Å². The highest BCUT2D eigenvalue weighted by Gasteiger charge is 2.39. The fourth-order valence-corrected chi connectivity index (χ4v) is 4.94. The van der Waals surface area contributed by atoms with Gasteiger partial charge in [-0.25, -0.2) is 0 Å². The van der Waals surface area contributed by atoms with E-state index in [4.69, 9.17) is 0 Å². The van der Waals surface area contributed by atoms with E-state index in [0.717, 1.165) is 67.2 Å². The van der Waals surface area contributed by atoms with E-state index in [-0.39, 0.29) is 5.91 Å². The maximum Gasteiger partial charge on any atom is 0.253 e. The van der Waals surface area contributed by atoms with Crippen LogP contribution in [-0.4, -0.2) is 46.8 Å². The summed E-state index contributed by atoms with van der Waals surface area (Å²) in [6.07, 6.45) is 3.53. The van der Waals surface area contributed by atoms with Gasteiger partial charge in [-0.2, -0.15) is 5.10 Å². The fourth-order valence-electron chi connectivity index (χ4n) is 4.94. The van der Waals surface area contributed by atoms with E-state index in [1.807, 2.05) is 29.8 Å². The third kappa shape index (κ3) is 3.29. The van der Waals surface area contributed by atoms with E-state index in [1.165, 1.54) is 12.8 Å². The molecule has 1 aromatic carbocycles. The van der Waals surface area contributed by atoms with Crippen LogP contribution in [0.15, 0.2) is 24.3 Å². The summed E-state index contributed by atoms with van der Waals surface area (Å²) in [6.45, 7) is 11.0. The van der Waals surface area contributed by atoms with Gasteiger partial charge in [-0.1, -0.05) is 12.1 Å². The van der Waals surface area contributed by atoms with Crippen LogP contribution in [0.3, 0.4) is 0 Å². The van der Waals surface area contributed by atoms with Crippen molar-refractivity contribution in [3.05, 3.63) is 41.2 Å². The smallest absolute Gasteiger partial charge is 0.253 e. The Morgan fingerprint density at radius 2 is 2.15 bits per heavy atom. The molecule has 1 aromatic heterocycles. The Balaban J connectivity index is 1.61. The minimum atomic E-state index is 0.168. The molecule has 1 spiro atoms. The van der Waals surface area contributed by atoms with E-state index in [2.05, 4.69) is 35.2 Å². The molecule has 2 aliphatic rings. The predicted molar refractivity (Wildman–Crippen MR) is 108 cm³/mol.